The summed E-state index contributed by atoms with van der Waals surface area (Å²) in [7, 11) is 0. The minimum atomic E-state index is 0.223. The molecule has 1 aromatic carbocycles. The maximum absolute atomic E-state index is 12.0. The standard InChI is InChI=1S/C14H15NO/c1-2-3-8-14(16)12-9-10-15-13-7-5-4-6-11(12)13/h4-7,9-10H,2-3,8H2,1H3. The van der Waals surface area contributed by atoms with Crippen molar-refractivity contribution in [3.8, 4) is 0 Å². The number of Topliss-reactive ketones (excluding diaryl/α,β-unsaturated/α-hetero) is 1. The number of hydrogen-bond donors (Lipinski definition) is 0. The summed E-state index contributed by atoms with van der Waals surface area (Å²) in [6, 6.07) is 9.60. The summed E-state index contributed by atoms with van der Waals surface area (Å²) in [5, 5.41) is 0.964. The molecule has 16 heavy (non-hydrogen) atoms. The normalized spacial score (nSPS) is 10.6. The van der Waals surface area contributed by atoms with Gasteiger partial charge in [0.15, 0.2) is 5.78 Å². The molecular formula is C14H15NO. The van der Waals surface area contributed by atoms with Crippen LogP contribution in [-0.4, -0.2) is 10.8 Å². The van der Waals surface area contributed by atoms with E-state index in [1.807, 2.05) is 30.3 Å². The van der Waals surface area contributed by atoms with Crippen LogP contribution in [0.25, 0.3) is 10.9 Å². The lowest BCUT2D eigenvalue weighted by molar-refractivity contribution is 0.0981. The third kappa shape index (κ3) is 2.11. The van der Waals surface area contributed by atoms with Crippen molar-refractivity contribution in [1.29, 1.82) is 0 Å². The molecule has 0 unspecified atom stereocenters. The maximum atomic E-state index is 12.0. The monoisotopic (exact) mass is 213 g/mol. The summed E-state index contributed by atoms with van der Waals surface area (Å²) in [6.45, 7) is 2.10. The molecule has 2 heteroatoms. The number of nitrogens with zero attached hydrogens (tertiary/aromatic N) is 1. The van der Waals surface area contributed by atoms with Gasteiger partial charge in [-0.2, -0.15) is 0 Å². The highest BCUT2D eigenvalue weighted by Gasteiger charge is 2.09. The number of aromatic nitrogens is 1. The molecule has 0 aliphatic heterocycles. The molecule has 2 nitrogen and oxygen atoms in total. The molecule has 0 radical (unpaired) electrons. The number of fused-ring (bicyclic) bond motifs is 1. The van der Waals surface area contributed by atoms with Crippen LogP contribution in [0.4, 0.5) is 0 Å². The summed E-state index contributed by atoms with van der Waals surface area (Å²) in [4.78, 5) is 16.2. The zero-order chi connectivity index (χ0) is 11.4. The van der Waals surface area contributed by atoms with Crippen LogP contribution in [0.3, 0.4) is 0 Å². The first-order valence-corrected chi connectivity index (χ1v) is 5.70. The zero-order valence-corrected chi connectivity index (χ0v) is 9.44. The molecule has 0 bridgehead atoms. The van der Waals surface area contributed by atoms with E-state index in [0.29, 0.717) is 6.42 Å². The molecule has 0 fully saturated rings. The second-order valence-corrected chi connectivity index (χ2v) is 3.90. The van der Waals surface area contributed by atoms with Gasteiger partial charge < -0.3 is 0 Å². The lowest BCUT2D eigenvalue weighted by Gasteiger charge is -2.04. The van der Waals surface area contributed by atoms with Crippen molar-refractivity contribution >= 4 is 16.7 Å². The van der Waals surface area contributed by atoms with E-state index < -0.39 is 0 Å². The summed E-state index contributed by atoms with van der Waals surface area (Å²) in [6.07, 6.45) is 4.34. The summed E-state index contributed by atoms with van der Waals surface area (Å²) in [5.74, 6) is 0.223. The Labute approximate surface area is 95.3 Å². The Bertz CT molecular complexity index is 500. The van der Waals surface area contributed by atoms with Crippen molar-refractivity contribution in [2.24, 2.45) is 0 Å². The molecule has 0 saturated carbocycles. The van der Waals surface area contributed by atoms with Gasteiger partial charge in [-0.25, -0.2) is 0 Å². The zero-order valence-electron chi connectivity index (χ0n) is 9.44. The van der Waals surface area contributed by atoms with Crippen LogP contribution >= 0.6 is 0 Å². The lowest BCUT2D eigenvalue weighted by Crippen LogP contribution is -2.00. The molecule has 0 amide bonds. The highest BCUT2D eigenvalue weighted by Crippen LogP contribution is 2.18. The van der Waals surface area contributed by atoms with E-state index in [1.54, 1.807) is 6.20 Å². The second kappa shape index (κ2) is 4.88. The Kier molecular flexibility index (Phi) is 3.30. The minimum absolute atomic E-state index is 0.223. The minimum Gasteiger partial charge on any atom is -0.294 e. The van der Waals surface area contributed by atoms with Crippen molar-refractivity contribution in [2.75, 3.05) is 0 Å². The van der Waals surface area contributed by atoms with Gasteiger partial charge in [0.05, 0.1) is 5.52 Å². The fourth-order valence-electron chi connectivity index (χ4n) is 1.81. The molecule has 0 atom stereocenters. The number of pyridine rings is 1. The molecule has 0 aliphatic rings. The van der Waals surface area contributed by atoms with Crippen LogP contribution in [0.1, 0.15) is 36.5 Å². The van der Waals surface area contributed by atoms with E-state index in [1.165, 1.54) is 0 Å². The van der Waals surface area contributed by atoms with Gasteiger partial charge in [-0.05, 0) is 18.6 Å². The van der Waals surface area contributed by atoms with Gasteiger partial charge in [0, 0.05) is 23.6 Å². The van der Waals surface area contributed by atoms with E-state index in [2.05, 4.69) is 11.9 Å². The molecule has 0 saturated heterocycles. The lowest BCUT2D eigenvalue weighted by atomic mass is 10.0. The Balaban J connectivity index is 2.40. The van der Waals surface area contributed by atoms with E-state index in [0.717, 1.165) is 29.3 Å². The van der Waals surface area contributed by atoms with E-state index in [-0.39, 0.29) is 5.78 Å². The first-order valence-electron chi connectivity index (χ1n) is 5.70. The number of unbranched alkanes of at least 4 members (excludes halogenated alkanes) is 1. The number of para-hydroxylation sites is 1. The van der Waals surface area contributed by atoms with Crippen molar-refractivity contribution < 1.29 is 4.79 Å². The molecule has 2 rings (SSSR count). The molecule has 1 aromatic heterocycles. The van der Waals surface area contributed by atoms with Crippen molar-refractivity contribution in [3.63, 3.8) is 0 Å². The van der Waals surface area contributed by atoms with Gasteiger partial charge in [-0.3, -0.25) is 9.78 Å². The topological polar surface area (TPSA) is 30.0 Å². The van der Waals surface area contributed by atoms with E-state index >= 15 is 0 Å². The summed E-state index contributed by atoms with van der Waals surface area (Å²) in [5.41, 5.74) is 1.70. The molecular weight excluding hydrogens is 198 g/mol. The van der Waals surface area contributed by atoms with Crippen LogP contribution in [0.2, 0.25) is 0 Å². The number of rotatable bonds is 4. The van der Waals surface area contributed by atoms with Crippen LogP contribution in [0.15, 0.2) is 36.5 Å². The van der Waals surface area contributed by atoms with Gasteiger partial charge in [-0.1, -0.05) is 31.5 Å². The van der Waals surface area contributed by atoms with Gasteiger partial charge in [0.2, 0.25) is 0 Å². The Hall–Kier alpha value is -1.70. The molecule has 1 heterocycles. The molecule has 0 aliphatic carbocycles. The maximum Gasteiger partial charge on any atom is 0.163 e. The fraction of sp³-hybridized carbons (Fsp3) is 0.286. The highest BCUT2D eigenvalue weighted by atomic mass is 16.1. The van der Waals surface area contributed by atoms with Gasteiger partial charge in [0.25, 0.3) is 0 Å². The van der Waals surface area contributed by atoms with Gasteiger partial charge in [-0.15, -0.1) is 0 Å². The van der Waals surface area contributed by atoms with Crippen molar-refractivity contribution in [2.45, 2.75) is 26.2 Å². The predicted molar refractivity (Wildman–Crippen MR) is 65.6 cm³/mol. The fourth-order valence-corrected chi connectivity index (χ4v) is 1.81. The average Bonchev–Trinajstić information content (AvgIpc) is 2.35. The van der Waals surface area contributed by atoms with Crippen LogP contribution < -0.4 is 0 Å². The second-order valence-electron chi connectivity index (χ2n) is 3.90. The average molecular weight is 213 g/mol. The first-order chi connectivity index (χ1) is 7.83. The molecule has 0 spiro atoms. The summed E-state index contributed by atoms with van der Waals surface area (Å²) < 4.78 is 0. The van der Waals surface area contributed by atoms with Crippen LogP contribution in [-0.2, 0) is 0 Å². The quantitative estimate of drug-likeness (QED) is 0.726. The number of ketones is 1. The molecule has 82 valence electrons. The summed E-state index contributed by atoms with van der Waals surface area (Å²) >= 11 is 0. The largest absolute Gasteiger partial charge is 0.294 e. The predicted octanol–water partition coefficient (Wildman–Crippen LogP) is 3.61. The first kappa shape index (κ1) is 10.8. The third-order valence-electron chi connectivity index (χ3n) is 2.71. The number of benzene rings is 1. The van der Waals surface area contributed by atoms with Gasteiger partial charge >= 0.3 is 0 Å². The van der Waals surface area contributed by atoms with E-state index in [9.17, 15) is 4.79 Å². The smallest absolute Gasteiger partial charge is 0.163 e. The van der Waals surface area contributed by atoms with Gasteiger partial charge in [0.1, 0.15) is 0 Å². The Morgan fingerprint density at radius 1 is 1.25 bits per heavy atom. The molecule has 0 N–H and O–H groups in total. The Morgan fingerprint density at radius 2 is 2.06 bits per heavy atom. The molecule has 2 aromatic rings. The number of carbonyl (C=O) groups is 1. The number of hydrogen-bond acceptors (Lipinski definition) is 2. The van der Waals surface area contributed by atoms with Crippen LogP contribution in [0, 0.1) is 0 Å². The SMILES string of the molecule is CCCCC(=O)c1ccnc2ccccc12. The van der Waals surface area contributed by atoms with Crippen molar-refractivity contribution in [3.05, 3.63) is 42.1 Å². The van der Waals surface area contributed by atoms with Crippen molar-refractivity contribution in [1.82, 2.24) is 4.98 Å². The third-order valence-corrected chi connectivity index (χ3v) is 2.71. The number of carbonyl (C=O) groups excluding carboxylic acids is 1. The Morgan fingerprint density at radius 3 is 2.88 bits per heavy atom. The van der Waals surface area contributed by atoms with E-state index in [4.69, 9.17) is 0 Å². The highest BCUT2D eigenvalue weighted by molar-refractivity contribution is 6.07. The van der Waals surface area contributed by atoms with Crippen LogP contribution in [0.5, 0.6) is 0 Å².